The summed E-state index contributed by atoms with van der Waals surface area (Å²) < 4.78 is 4.87. The molecule has 3 rings (SSSR count). The Bertz CT molecular complexity index is 759. The Kier molecular flexibility index (Phi) is 5.30. The Labute approximate surface area is 146 Å². The Balaban J connectivity index is 1.63. The molecule has 6 heteroatoms. The van der Waals surface area contributed by atoms with Gasteiger partial charge in [0.2, 0.25) is 0 Å². The maximum absolute atomic E-state index is 12.7. The third-order valence-corrected chi connectivity index (χ3v) is 4.11. The molecule has 25 heavy (non-hydrogen) atoms. The minimum Gasteiger partial charge on any atom is -0.383 e. The van der Waals surface area contributed by atoms with Gasteiger partial charge >= 0.3 is 6.03 Å². The van der Waals surface area contributed by atoms with Crippen LogP contribution in [0.15, 0.2) is 48.5 Å². The highest BCUT2D eigenvalue weighted by atomic mass is 16.5. The van der Waals surface area contributed by atoms with Gasteiger partial charge in [0.1, 0.15) is 0 Å². The summed E-state index contributed by atoms with van der Waals surface area (Å²) >= 11 is 0. The number of methoxy groups -OCH3 is 1. The van der Waals surface area contributed by atoms with Crippen LogP contribution in [-0.2, 0) is 11.2 Å². The van der Waals surface area contributed by atoms with Crippen LogP contribution in [0, 0.1) is 0 Å². The zero-order valence-corrected chi connectivity index (χ0v) is 14.1. The number of amides is 3. The molecule has 3 amide bonds. The average Bonchev–Trinajstić information content (AvgIpc) is 3.06. The van der Waals surface area contributed by atoms with Crippen molar-refractivity contribution in [1.82, 2.24) is 5.32 Å². The molecule has 0 fully saturated rings. The zero-order chi connectivity index (χ0) is 17.6. The molecule has 2 aromatic rings. The van der Waals surface area contributed by atoms with Crippen LogP contribution in [0.2, 0.25) is 0 Å². The topological polar surface area (TPSA) is 70.7 Å². The van der Waals surface area contributed by atoms with Crippen molar-refractivity contribution in [2.45, 2.75) is 6.42 Å². The van der Waals surface area contributed by atoms with Gasteiger partial charge in [-0.2, -0.15) is 0 Å². The highest BCUT2D eigenvalue weighted by Crippen LogP contribution is 2.29. The number of carbonyl (C=O) groups is 2. The van der Waals surface area contributed by atoms with Gasteiger partial charge in [0.25, 0.3) is 5.91 Å². The van der Waals surface area contributed by atoms with Gasteiger partial charge in [-0.25, -0.2) is 4.79 Å². The van der Waals surface area contributed by atoms with Crippen LogP contribution in [0.3, 0.4) is 0 Å². The predicted octanol–water partition coefficient (Wildman–Crippen LogP) is 2.66. The molecule has 2 N–H and O–H groups in total. The van der Waals surface area contributed by atoms with Crippen LogP contribution in [-0.4, -0.2) is 38.7 Å². The Morgan fingerprint density at radius 3 is 2.64 bits per heavy atom. The molecule has 1 aliphatic rings. The van der Waals surface area contributed by atoms with Crippen LogP contribution in [0.5, 0.6) is 0 Å². The van der Waals surface area contributed by atoms with Gasteiger partial charge in [-0.3, -0.25) is 4.79 Å². The van der Waals surface area contributed by atoms with Crippen molar-refractivity contribution in [2.75, 3.05) is 37.0 Å². The molecule has 2 aromatic carbocycles. The normalized spacial score (nSPS) is 12.6. The van der Waals surface area contributed by atoms with E-state index in [2.05, 4.69) is 16.7 Å². The fraction of sp³-hybridized carbons (Fsp3) is 0.263. The fourth-order valence-corrected chi connectivity index (χ4v) is 2.84. The first-order chi connectivity index (χ1) is 12.2. The number of ether oxygens (including phenoxy) is 1. The summed E-state index contributed by atoms with van der Waals surface area (Å²) in [6, 6.07) is 14.6. The Morgan fingerprint density at radius 1 is 1.12 bits per heavy atom. The van der Waals surface area contributed by atoms with Crippen molar-refractivity contribution in [3.63, 3.8) is 0 Å². The Morgan fingerprint density at radius 2 is 1.88 bits per heavy atom. The van der Waals surface area contributed by atoms with Crippen LogP contribution < -0.4 is 15.5 Å². The molecule has 130 valence electrons. The molecule has 0 saturated heterocycles. The number of carbonyl (C=O) groups excluding carboxylic acids is 2. The van der Waals surface area contributed by atoms with Crippen molar-refractivity contribution in [2.24, 2.45) is 0 Å². The molecule has 0 aromatic heterocycles. The van der Waals surface area contributed by atoms with Crippen LogP contribution >= 0.6 is 0 Å². The van der Waals surface area contributed by atoms with Crippen molar-refractivity contribution < 1.29 is 14.3 Å². The maximum atomic E-state index is 12.7. The molecule has 0 unspecified atom stereocenters. The van der Waals surface area contributed by atoms with E-state index in [-0.39, 0.29) is 11.9 Å². The van der Waals surface area contributed by atoms with E-state index >= 15 is 0 Å². The molecular formula is C19H21N3O3. The summed E-state index contributed by atoms with van der Waals surface area (Å²) in [5.74, 6) is -0.0268. The summed E-state index contributed by atoms with van der Waals surface area (Å²) in [4.78, 5) is 26.2. The van der Waals surface area contributed by atoms with Gasteiger partial charge in [-0.1, -0.05) is 18.2 Å². The first-order valence-electron chi connectivity index (χ1n) is 8.22. The second-order valence-corrected chi connectivity index (χ2v) is 5.79. The van der Waals surface area contributed by atoms with Crippen LogP contribution in [0.4, 0.5) is 16.2 Å². The maximum Gasteiger partial charge on any atom is 0.319 e. The van der Waals surface area contributed by atoms with Gasteiger partial charge in [0, 0.05) is 37.1 Å². The number of nitrogens with zero attached hydrogens (tertiary/aromatic N) is 1. The first kappa shape index (κ1) is 17.0. The van der Waals surface area contributed by atoms with E-state index < -0.39 is 0 Å². The number of fused-ring (bicyclic) bond motifs is 1. The summed E-state index contributed by atoms with van der Waals surface area (Å²) in [7, 11) is 1.58. The van der Waals surface area contributed by atoms with Gasteiger partial charge in [0.05, 0.1) is 6.61 Å². The van der Waals surface area contributed by atoms with Crippen LogP contribution in [0.25, 0.3) is 0 Å². The molecule has 1 heterocycles. The summed E-state index contributed by atoms with van der Waals surface area (Å²) in [5, 5.41) is 5.40. The monoisotopic (exact) mass is 339 g/mol. The molecular weight excluding hydrogens is 318 g/mol. The standard InChI is InChI=1S/C19H21N3O3/c1-25-13-11-20-19(24)21-16-8-6-15(7-9-16)18(23)22-12-10-14-4-2-3-5-17(14)22/h2-9H,10-13H2,1H3,(H2,20,21,24). The number of hydrogen-bond donors (Lipinski definition) is 2. The van der Waals surface area contributed by atoms with E-state index in [0.29, 0.717) is 30.9 Å². The highest BCUT2D eigenvalue weighted by Gasteiger charge is 2.24. The van der Waals surface area contributed by atoms with Gasteiger partial charge in [-0.15, -0.1) is 0 Å². The zero-order valence-electron chi connectivity index (χ0n) is 14.1. The molecule has 6 nitrogen and oxygen atoms in total. The minimum atomic E-state index is -0.301. The number of hydrogen-bond acceptors (Lipinski definition) is 3. The van der Waals surface area contributed by atoms with Crippen LogP contribution in [0.1, 0.15) is 15.9 Å². The number of urea groups is 1. The SMILES string of the molecule is COCCNC(=O)Nc1ccc(C(=O)N2CCc3ccccc32)cc1. The number of para-hydroxylation sites is 1. The van der Waals surface area contributed by atoms with Crippen molar-refractivity contribution >= 4 is 23.3 Å². The van der Waals surface area contributed by atoms with Gasteiger partial charge in [0.15, 0.2) is 0 Å². The quantitative estimate of drug-likeness (QED) is 0.823. The third kappa shape index (κ3) is 3.97. The Hall–Kier alpha value is -2.86. The molecule has 0 spiro atoms. The number of nitrogens with one attached hydrogen (secondary N) is 2. The van der Waals surface area contributed by atoms with Gasteiger partial charge in [-0.05, 0) is 42.3 Å². The molecule has 0 aliphatic carbocycles. The molecule has 0 radical (unpaired) electrons. The fourth-order valence-electron chi connectivity index (χ4n) is 2.84. The highest BCUT2D eigenvalue weighted by molar-refractivity contribution is 6.07. The van der Waals surface area contributed by atoms with E-state index in [1.807, 2.05) is 18.2 Å². The van der Waals surface area contributed by atoms with E-state index in [0.717, 1.165) is 12.1 Å². The summed E-state index contributed by atoms with van der Waals surface area (Å²) in [5.41, 5.74) is 3.41. The predicted molar refractivity (Wildman–Crippen MR) is 97.2 cm³/mol. The van der Waals surface area contributed by atoms with Gasteiger partial charge < -0.3 is 20.3 Å². The average molecular weight is 339 g/mol. The molecule has 0 atom stereocenters. The lowest BCUT2D eigenvalue weighted by atomic mass is 10.1. The second kappa shape index (κ2) is 7.81. The molecule has 0 bridgehead atoms. The molecule has 0 saturated carbocycles. The summed E-state index contributed by atoms with van der Waals surface area (Å²) in [6.45, 7) is 1.59. The smallest absolute Gasteiger partial charge is 0.319 e. The minimum absolute atomic E-state index is 0.0268. The van der Waals surface area contributed by atoms with E-state index in [1.165, 1.54) is 5.56 Å². The lowest BCUT2D eigenvalue weighted by molar-refractivity contribution is 0.0989. The lowest BCUT2D eigenvalue weighted by Crippen LogP contribution is -2.31. The van der Waals surface area contributed by atoms with E-state index in [4.69, 9.17) is 4.74 Å². The number of rotatable bonds is 5. The number of anilines is 2. The third-order valence-electron chi connectivity index (χ3n) is 4.11. The van der Waals surface area contributed by atoms with Crippen molar-refractivity contribution in [3.05, 3.63) is 59.7 Å². The van der Waals surface area contributed by atoms with Crippen molar-refractivity contribution in [3.8, 4) is 0 Å². The molecule has 1 aliphatic heterocycles. The lowest BCUT2D eigenvalue weighted by Gasteiger charge is -2.17. The van der Waals surface area contributed by atoms with Crippen molar-refractivity contribution in [1.29, 1.82) is 0 Å². The second-order valence-electron chi connectivity index (χ2n) is 5.79. The largest absolute Gasteiger partial charge is 0.383 e. The van der Waals surface area contributed by atoms with E-state index in [9.17, 15) is 9.59 Å². The summed E-state index contributed by atoms with van der Waals surface area (Å²) in [6.07, 6.45) is 0.878. The first-order valence-corrected chi connectivity index (χ1v) is 8.22. The van der Waals surface area contributed by atoms with E-state index in [1.54, 1.807) is 36.3 Å². The number of benzene rings is 2.